The van der Waals surface area contributed by atoms with Crippen molar-refractivity contribution in [3.8, 4) is 11.8 Å². The van der Waals surface area contributed by atoms with E-state index in [0.717, 1.165) is 30.9 Å². The summed E-state index contributed by atoms with van der Waals surface area (Å²) in [6.45, 7) is 1.55. The highest BCUT2D eigenvalue weighted by Gasteiger charge is 2.20. The summed E-state index contributed by atoms with van der Waals surface area (Å²) in [5.41, 5.74) is 1.97. The van der Waals surface area contributed by atoms with Crippen LogP contribution >= 0.6 is 11.3 Å². The van der Waals surface area contributed by atoms with Crippen LogP contribution in [0.4, 0.5) is 0 Å². The molecular formula is C15H14N2OS. The fourth-order valence-corrected chi connectivity index (χ4v) is 3.07. The third-order valence-corrected chi connectivity index (χ3v) is 4.20. The number of rotatable bonds is 3. The van der Waals surface area contributed by atoms with Crippen LogP contribution in [0.1, 0.15) is 28.5 Å². The van der Waals surface area contributed by atoms with Gasteiger partial charge in [-0.05, 0) is 12.1 Å². The highest BCUT2D eigenvalue weighted by atomic mass is 32.1. The van der Waals surface area contributed by atoms with Crippen LogP contribution in [0.15, 0.2) is 35.7 Å². The molecule has 1 aromatic carbocycles. The molecule has 1 unspecified atom stereocenters. The van der Waals surface area contributed by atoms with Crippen LogP contribution in [0.5, 0.6) is 5.75 Å². The molecule has 1 aliphatic rings. The lowest BCUT2D eigenvalue weighted by Crippen LogP contribution is -2.26. The Balaban J connectivity index is 1.70. The topological polar surface area (TPSA) is 45.0 Å². The Kier molecular flexibility index (Phi) is 3.49. The standard InChI is InChI=1S/C15H14N2OS/c16-8-11-7-12(19-10-11)9-17-14-5-6-18-15-4-2-1-3-13(14)15/h1-4,7,10,14,17H,5-6,9H2. The van der Waals surface area contributed by atoms with Crippen molar-refractivity contribution in [2.45, 2.75) is 19.0 Å². The second-order valence-corrected chi connectivity index (χ2v) is 5.52. The second-order valence-electron chi connectivity index (χ2n) is 4.52. The van der Waals surface area contributed by atoms with E-state index in [0.29, 0.717) is 6.04 Å². The normalized spacial score (nSPS) is 17.3. The molecule has 0 bridgehead atoms. The van der Waals surface area contributed by atoms with Gasteiger partial charge in [-0.15, -0.1) is 11.3 Å². The molecule has 4 heteroatoms. The van der Waals surface area contributed by atoms with Crippen LogP contribution in [-0.2, 0) is 6.54 Å². The zero-order valence-corrected chi connectivity index (χ0v) is 11.2. The third kappa shape index (κ3) is 2.62. The van der Waals surface area contributed by atoms with Crippen molar-refractivity contribution in [1.29, 1.82) is 5.26 Å². The van der Waals surface area contributed by atoms with Gasteiger partial charge in [-0.1, -0.05) is 18.2 Å². The fourth-order valence-electron chi connectivity index (χ4n) is 2.31. The van der Waals surface area contributed by atoms with E-state index in [1.165, 1.54) is 10.4 Å². The molecular weight excluding hydrogens is 256 g/mol. The molecule has 2 heterocycles. The molecule has 19 heavy (non-hydrogen) atoms. The maximum atomic E-state index is 8.82. The maximum Gasteiger partial charge on any atom is 0.124 e. The number of benzene rings is 1. The van der Waals surface area contributed by atoms with E-state index in [1.54, 1.807) is 11.3 Å². The summed E-state index contributed by atoms with van der Waals surface area (Å²) in [6, 6.07) is 12.6. The van der Waals surface area contributed by atoms with Crippen molar-refractivity contribution < 1.29 is 4.74 Å². The van der Waals surface area contributed by atoms with E-state index in [-0.39, 0.29) is 0 Å². The number of thiophene rings is 1. The SMILES string of the molecule is N#Cc1csc(CNC2CCOc3ccccc32)c1. The van der Waals surface area contributed by atoms with Crippen molar-refractivity contribution in [1.82, 2.24) is 5.32 Å². The summed E-state index contributed by atoms with van der Waals surface area (Å²) in [7, 11) is 0. The average molecular weight is 270 g/mol. The molecule has 0 aliphatic carbocycles. The monoisotopic (exact) mass is 270 g/mol. The van der Waals surface area contributed by atoms with E-state index in [1.807, 2.05) is 29.6 Å². The average Bonchev–Trinajstić information content (AvgIpc) is 2.93. The minimum absolute atomic E-state index is 0.331. The van der Waals surface area contributed by atoms with Gasteiger partial charge in [0.25, 0.3) is 0 Å². The molecule has 1 N–H and O–H groups in total. The molecule has 3 rings (SSSR count). The molecule has 1 aliphatic heterocycles. The first kappa shape index (κ1) is 12.2. The molecule has 96 valence electrons. The fraction of sp³-hybridized carbons (Fsp3) is 0.267. The van der Waals surface area contributed by atoms with Crippen molar-refractivity contribution in [3.63, 3.8) is 0 Å². The number of hydrogen-bond donors (Lipinski definition) is 1. The van der Waals surface area contributed by atoms with Crippen LogP contribution in [0.2, 0.25) is 0 Å². The quantitative estimate of drug-likeness (QED) is 0.931. The number of ether oxygens (including phenoxy) is 1. The highest BCUT2D eigenvalue weighted by Crippen LogP contribution is 2.31. The summed E-state index contributed by atoms with van der Waals surface area (Å²) in [5.74, 6) is 0.982. The van der Waals surface area contributed by atoms with Crippen LogP contribution in [0, 0.1) is 11.3 Å². The smallest absolute Gasteiger partial charge is 0.124 e. The van der Waals surface area contributed by atoms with Crippen molar-refractivity contribution in [2.75, 3.05) is 6.61 Å². The number of fused-ring (bicyclic) bond motifs is 1. The minimum atomic E-state index is 0.331. The molecule has 0 saturated carbocycles. The molecule has 3 nitrogen and oxygen atoms in total. The molecule has 0 amide bonds. The van der Waals surface area contributed by atoms with Gasteiger partial charge in [0, 0.05) is 34.8 Å². The Labute approximate surface area is 116 Å². The van der Waals surface area contributed by atoms with Crippen LogP contribution in [0.3, 0.4) is 0 Å². The van der Waals surface area contributed by atoms with Gasteiger partial charge in [-0.2, -0.15) is 5.26 Å². The first-order chi connectivity index (χ1) is 9.36. The number of nitriles is 1. The van der Waals surface area contributed by atoms with Crippen molar-refractivity contribution >= 4 is 11.3 Å². The Hall–Kier alpha value is -1.83. The molecule has 0 radical (unpaired) electrons. The summed E-state index contributed by atoms with van der Waals surface area (Å²) in [5, 5.41) is 14.3. The van der Waals surface area contributed by atoms with Gasteiger partial charge in [-0.3, -0.25) is 0 Å². The van der Waals surface area contributed by atoms with Crippen LogP contribution < -0.4 is 10.1 Å². The van der Waals surface area contributed by atoms with Gasteiger partial charge in [-0.25, -0.2) is 0 Å². The Morgan fingerprint density at radius 1 is 1.42 bits per heavy atom. The van der Waals surface area contributed by atoms with Gasteiger partial charge in [0.2, 0.25) is 0 Å². The summed E-state index contributed by atoms with van der Waals surface area (Å²) < 4.78 is 5.65. The largest absolute Gasteiger partial charge is 0.493 e. The lowest BCUT2D eigenvalue weighted by Gasteiger charge is -2.26. The molecule has 1 aromatic heterocycles. The van der Waals surface area contributed by atoms with Gasteiger partial charge in [0.1, 0.15) is 11.8 Å². The van der Waals surface area contributed by atoms with Gasteiger partial charge in [0.05, 0.1) is 12.2 Å². The summed E-state index contributed by atoms with van der Waals surface area (Å²) >= 11 is 1.63. The predicted octanol–water partition coefficient (Wildman–Crippen LogP) is 3.23. The summed E-state index contributed by atoms with van der Waals surface area (Å²) in [6.07, 6.45) is 0.980. The minimum Gasteiger partial charge on any atom is -0.493 e. The van der Waals surface area contributed by atoms with E-state index in [4.69, 9.17) is 10.00 Å². The number of nitrogens with one attached hydrogen (secondary N) is 1. The summed E-state index contributed by atoms with van der Waals surface area (Å²) in [4.78, 5) is 1.19. The lowest BCUT2D eigenvalue weighted by molar-refractivity contribution is 0.252. The van der Waals surface area contributed by atoms with E-state index >= 15 is 0 Å². The Bertz CT molecular complexity index is 615. The first-order valence-electron chi connectivity index (χ1n) is 6.29. The predicted molar refractivity (Wildman–Crippen MR) is 75.2 cm³/mol. The van der Waals surface area contributed by atoms with Gasteiger partial charge in [0.15, 0.2) is 0 Å². The van der Waals surface area contributed by atoms with Crippen LogP contribution in [0.25, 0.3) is 0 Å². The molecule has 0 saturated heterocycles. The number of nitrogens with zero attached hydrogens (tertiary/aromatic N) is 1. The highest BCUT2D eigenvalue weighted by molar-refractivity contribution is 7.10. The molecule has 0 fully saturated rings. The van der Waals surface area contributed by atoms with E-state index < -0.39 is 0 Å². The van der Waals surface area contributed by atoms with Gasteiger partial charge < -0.3 is 10.1 Å². The number of para-hydroxylation sites is 1. The van der Waals surface area contributed by atoms with Crippen LogP contribution in [-0.4, -0.2) is 6.61 Å². The Morgan fingerprint density at radius 3 is 3.16 bits per heavy atom. The molecule has 0 spiro atoms. The maximum absolute atomic E-state index is 8.82. The second kappa shape index (κ2) is 5.43. The van der Waals surface area contributed by atoms with E-state index in [9.17, 15) is 0 Å². The first-order valence-corrected chi connectivity index (χ1v) is 7.17. The number of hydrogen-bond acceptors (Lipinski definition) is 4. The molecule has 2 aromatic rings. The van der Waals surface area contributed by atoms with Crippen molar-refractivity contribution in [2.24, 2.45) is 0 Å². The zero-order chi connectivity index (χ0) is 13.1. The van der Waals surface area contributed by atoms with Crippen molar-refractivity contribution in [3.05, 3.63) is 51.7 Å². The lowest BCUT2D eigenvalue weighted by atomic mass is 10.0. The molecule has 1 atom stereocenters. The van der Waals surface area contributed by atoms with E-state index in [2.05, 4.69) is 17.5 Å². The van der Waals surface area contributed by atoms with Gasteiger partial charge >= 0.3 is 0 Å². The third-order valence-electron chi connectivity index (χ3n) is 3.26. The zero-order valence-electron chi connectivity index (χ0n) is 10.4. The Morgan fingerprint density at radius 2 is 2.32 bits per heavy atom.